The highest BCUT2D eigenvalue weighted by atomic mass is 35.5. The summed E-state index contributed by atoms with van der Waals surface area (Å²) < 4.78 is 7.69. The van der Waals surface area contributed by atoms with Gasteiger partial charge in [0.2, 0.25) is 11.8 Å². The minimum Gasteiger partial charge on any atom is -0.489 e. The molecule has 0 spiro atoms. The molecule has 6 rings (SSSR count). The Morgan fingerprint density at radius 2 is 1.85 bits per heavy atom. The van der Waals surface area contributed by atoms with Crippen LogP contribution in [0.4, 0.5) is 0 Å². The highest BCUT2D eigenvalue weighted by molar-refractivity contribution is 7.19. The third-order valence-electron chi connectivity index (χ3n) is 7.18. The quantitative estimate of drug-likeness (QED) is 0.490. The second-order valence-corrected chi connectivity index (χ2v) is 11.2. The Kier molecular flexibility index (Phi) is 5.59. The van der Waals surface area contributed by atoms with Gasteiger partial charge in [-0.1, -0.05) is 11.6 Å². The molecular formula is C26H26ClN3O3S. The van der Waals surface area contributed by atoms with E-state index in [1.165, 1.54) is 17.7 Å². The first kappa shape index (κ1) is 22.0. The van der Waals surface area contributed by atoms with Gasteiger partial charge in [0.25, 0.3) is 0 Å². The molecule has 6 nitrogen and oxygen atoms in total. The van der Waals surface area contributed by atoms with E-state index in [1.807, 2.05) is 31.2 Å². The zero-order valence-electron chi connectivity index (χ0n) is 19.0. The number of carbonyl (C=O) groups excluding carboxylic acids is 2. The summed E-state index contributed by atoms with van der Waals surface area (Å²) in [6.07, 6.45) is 7.06. The molecule has 3 aliphatic heterocycles. The number of likely N-dealkylation sites (tertiary alicyclic amines) is 1. The third kappa shape index (κ3) is 4.00. The van der Waals surface area contributed by atoms with Gasteiger partial charge in [-0.25, -0.2) is 0 Å². The average Bonchev–Trinajstić information content (AvgIpc) is 3.47. The molecular weight excluding hydrogens is 470 g/mol. The zero-order chi connectivity index (χ0) is 23.4. The molecule has 0 radical (unpaired) electrons. The van der Waals surface area contributed by atoms with Crippen molar-refractivity contribution in [2.75, 3.05) is 0 Å². The first-order chi connectivity index (χ1) is 16.4. The number of piperidine rings is 1. The van der Waals surface area contributed by atoms with Crippen LogP contribution in [0.25, 0.3) is 21.3 Å². The lowest BCUT2D eigenvalue weighted by atomic mass is 10.00. The number of thiophene rings is 1. The number of amides is 2. The van der Waals surface area contributed by atoms with Crippen LogP contribution in [0.2, 0.25) is 5.02 Å². The Labute approximate surface area is 207 Å². The van der Waals surface area contributed by atoms with Crippen LogP contribution < -0.4 is 10.1 Å². The molecule has 3 aliphatic rings. The predicted molar refractivity (Wildman–Crippen MR) is 133 cm³/mol. The standard InChI is InChI=1S/C26H26ClN3O3S/c1-14-8-15(27)9-21(25(14)33-18-10-16-2-3-17(11-18)29-16)20-6-7-28-22-12-19(34-26(20)22)13-30-23(31)4-5-24(30)32/h6-9,12,16-18,29H,2-5,10-11,13H2,1H3/t16-,17+,18-. The summed E-state index contributed by atoms with van der Waals surface area (Å²) in [5, 5.41) is 4.35. The Morgan fingerprint density at radius 3 is 2.59 bits per heavy atom. The van der Waals surface area contributed by atoms with Gasteiger partial charge in [0.05, 0.1) is 16.8 Å². The van der Waals surface area contributed by atoms with Gasteiger partial charge in [-0.2, -0.15) is 0 Å². The van der Waals surface area contributed by atoms with Gasteiger partial charge in [0.1, 0.15) is 11.9 Å². The molecule has 5 heterocycles. The van der Waals surface area contributed by atoms with Gasteiger partial charge in [0.15, 0.2) is 0 Å². The number of pyridine rings is 1. The van der Waals surface area contributed by atoms with Crippen molar-refractivity contribution < 1.29 is 14.3 Å². The second-order valence-electron chi connectivity index (χ2n) is 9.61. The molecule has 1 aromatic carbocycles. The number of aromatic nitrogens is 1. The number of halogens is 1. The summed E-state index contributed by atoms with van der Waals surface area (Å²) in [5.74, 6) is 0.670. The fourth-order valence-electron chi connectivity index (χ4n) is 5.59. The van der Waals surface area contributed by atoms with E-state index in [-0.39, 0.29) is 17.9 Å². The van der Waals surface area contributed by atoms with Crippen LogP contribution in [-0.2, 0) is 16.1 Å². The molecule has 2 bridgehead atoms. The maximum Gasteiger partial charge on any atom is 0.230 e. The molecule has 2 aromatic heterocycles. The fourth-order valence-corrected chi connectivity index (χ4v) is 6.99. The second kappa shape index (κ2) is 8.63. The summed E-state index contributed by atoms with van der Waals surface area (Å²) in [7, 11) is 0. The summed E-state index contributed by atoms with van der Waals surface area (Å²) in [4.78, 5) is 31.1. The number of imide groups is 1. The number of carbonyl (C=O) groups is 2. The number of hydrogen-bond donors (Lipinski definition) is 1. The molecule has 8 heteroatoms. The molecule has 3 aromatic rings. The van der Waals surface area contributed by atoms with Gasteiger partial charge in [-0.15, -0.1) is 11.3 Å². The molecule has 0 aliphatic carbocycles. The Hall–Kier alpha value is -2.48. The van der Waals surface area contributed by atoms with Crippen LogP contribution in [0.3, 0.4) is 0 Å². The summed E-state index contributed by atoms with van der Waals surface area (Å²) in [6.45, 7) is 2.34. The maximum absolute atomic E-state index is 12.1. The van der Waals surface area contributed by atoms with Crippen molar-refractivity contribution >= 4 is 45.0 Å². The molecule has 0 unspecified atom stereocenters. The number of hydrogen-bond acceptors (Lipinski definition) is 6. The molecule has 1 N–H and O–H groups in total. The van der Waals surface area contributed by atoms with Crippen molar-refractivity contribution in [2.45, 2.75) is 70.2 Å². The van der Waals surface area contributed by atoms with E-state index in [9.17, 15) is 9.59 Å². The average molecular weight is 496 g/mol. The van der Waals surface area contributed by atoms with Crippen molar-refractivity contribution in [3.05, 3.63) is 45.9 Å². The van der Waals surface area contributed by atoms with Crippen LogP contribution in [0.15, 0.2) is 30.5 Å². The number of nitrogens with zero attached hydrogens (tertiary/aromatic N) is 2. The minimum atomic E-state index is -0.104. The SMILES string of the molecule is Cc1cc(Cl)cc(-c2ccnc3cc(CN4C(=O)CCC4=O)sc23)c1O[C@@H]1C[C@H]2CC[C@@H](C1)N2. The number of benzene rings is 1. The molecule has 3 saturated heterocycles. The van der Waals surface area contributed by atoms with Crippen molar-refractivity contribution in [1.82, 2.24) is 15.2 Å². The van der Waals surface area contributed by atoms with Crippen LogP contribution >= 0.6 is 22.9 Å². The number of nitrogens with one attached hydrogen (secondary N) is 1. The molecule has 3 fully saturated rings. The summed E-state index contributed by atoms with van der Waals surface area (Å²) >= 11 is 8.08. The summed E-state index contributed by atoms with van der Waals surface area (Å²) in [6, 6.07) is 9.00. The topological polar surface area (TPSA) is 71.5 Å². The molecule has 176 valence electrons. The fraction of sp³-hybridized carbons (Fsp3) is 0.423. The smallest absolute Gasteiger partial charge is 0.230 e. The lowest BCUT2D eigenvalue weighted by Crippen LogP contribution is -2.42. The van der Waals surface area contributed by atoms with Gasteiger partial charge >= 0.3 is 0 Å². The van der Waals surface area contributed by atoms with Crippen LogP contribution in [0.1, 0.15) is 49.0 Å². The lowest BCUT2D eigenvalue weighted by Gasteiger charge is -2.31. The molecule has 0 saturated carbocycles. The first-order valence-corrected chi connectivity index (χ1v) is 13.1. The van der Waals surface area contributed by atoms with Gasteiger partial charge in [0, 0.05) is 52.1 Å². The normalized spacial score (nSPS) is 24.4. The van der Waals surface area contributed by atoms with E-state index in [2.05, 4.69) is 10.3 Å². The van der Waals surface area contributed by atoms with Crippen LogP contribution in [0.5, 0.6) is 5.75 Å². The van der Waals surface area contributed by atoms with E-state index >= 15 is 0 Å². The highest BCUT2D eigenvalue weighted by Gasteiger charge is 2.35. The molecule has 2 amide bonds. The Bertz CT molecular complexity index is 1280. The number of fused-ring (bicyclic) bond motifs is 3. The van der Waals surface area contributed by atoms with Gasteiger partial charge < -0.3 is 10.1 Å². The van der Waals surface area contributed by atoms with E-state index in [0.717, 1.165) is 50.4 Å². The van der Waals surface area contributed by atoms with E-state index in [4.69, 9.17) is 16.3 Å². The minimum absolute atomic E-state index is 0.104. The van der Waals surface area contributed by atoms with E-state index in [0.29, 0.717) is 36.5 Å². The van der Waals surface area contributed by atoms with Crippen LogP contribution in [-0.4, -0.2) is 39.9 Å². The summed E-state index contributed by atoms with van der Waals surface area (Å²) in [5.41, 5.74) is 3.84. The maximum atomic E-state index is 12.1. The monoisotopic (exact) mass is 495 g/mol. The van der Waals surface area contributed by atoms with E-state index in [1.54, 1.807) is 17.5 Å². The van der Waals surface area contributed by atoms with Crippen molar-refractivity contribution in [3.8, 4) is 16.9 Å². The Morgan fingerprint density at radius 1 is 1.12 bits per heavy atom. The zero-order valence-corrected chi connectivity index (χ0v) is 20.5. The third-order valence-corrected chi connectivity index (χ3v) is 8.54. The van der Waals surface area contributed by atoms with Gasteiger partial charge in [-0.3, -0.25) is 19.5 Å². The Balaban J connectivity index is 1.37. The number of rotatable bonds is 5. The largest absolute Gasteiger partial charge is 0.489 e. The van der Waals surface area contributed by atoms with Crippen molar-refractivity contribution in [2.24, 2.45) is 0 Å². The number of aryl methyl sites for hydroxylation is 1. The molecule has 3 atom stereocenters. The number of ether oxygens (including phenoxy) is 1. The predicted octanol–water partition coefficient (Wildman–Crippen LogP) is 5.24. The highest BCUT2D eigenvalue weighted by Crippen LogP contribution is 2.43. The van der Waals surface area contributed by atoms with Gasteiger partial charge in [-0.05, 0) is 62.4 Å². The lowest BCUT2D eigenvalue weighted by molar-refractivity contribution is -0.138. The van der Waals surface area contributed by atoms with E-state index < -0.39 is 0 Å². The first-order valence-electron chi connectivity index (χ1n) is 11.9. The van der Waals surface area contributed by atoms with Crippen molar-refractivity contribution in [3.63, 3.8) is 0 Å². The molecule has 34 heavy (non-hydrogen) atoms. The van der Waals surface area contributed by atoms with Crippen molar-refractivity contribution in [1.29, 1.82) is 0 Å². The van der Waals surface area contributed by atoms with Crippen LogP contribution in [0, 0.1) is 6.92 Å².